The number of nitrogens with zero attached hydrogens (tertiary/aromatic N) is 3. The van der Waals surface area contributed by atoms with Crippen LogP contribution in [0.1, 0.15) is 200 Å². The number of hydrogen-bond donors (Lipinski definition) is 0. The van der Waals surface area contributed by atoms with Crippen molar-refractivity contribution in [1.82, 2.24) is 15.0 Å². The van der Waals surface area contributed by atoms with Gasteiger partial charge in [-0.25, -0.2) is 15.0 Å². The monoisotopic (exact) mass is 916 g/mol. The number of hydrogen-bond acceptors (Lipinski definition) is 3. The van der Waals surface area contributed by atoms with Crippen LogP contribution in [0.3, 0.4) is 0 Å². The summed E-state index contributed by atoms with van der Waals surface area (Å²) >= 11 is 0. The Kier molecular flexibility index (Phi) is 25.1. The summed E-state index contributed by atoms with van der Waals surface area (Å²) < 4.78 is 0. The number of aromatic nitrogens is 3. The minimum absolute atomic E-state index is 0.0558. The van der Waals surface area contributed by atoms with E-state index in [4.69, 9.17) is 21.4 Å². The highest BCUT2D eigenvalue weighted by atomic mass is 15.0. The fraction of sp³-hybridized carbons (Fsp3) is 0.547. The van der Waals surface area contributed by atoms with Gasteiger partial charge in [0, 0.05) is 17.8 Å². The van der Waals surface area contributed by atoms with Crippen LogP contribution in [0, 0.1) is 69.6 Å². The maximum Gasteiger partial charge on any atom is 0.238 e. The molecule has 1 saturated carbocycles. The standard InChI is InChI=1S/C49H62BN3.C10H20.C5H12/c1-12-16-40(14-3)17-15-18-45-51-39(11)52-48(53-45)49-28-27-41(31-49)21-22-43(32-49)42-23-25-44(26-24-42)50(47-37(9)29-35(7)30-38(47)10)46(33(4)5)36(8)20-19-34(6)13-2;1-5-10(4)8-6-7-9(2)3;1-3-5-4-2/h2,15-17,19-20,22-26,29-30,34,36,41H,12,14,18,21,27-28,31-32H2,1,3-11H3;6,8-10H,5,7H2,1-4H3;3-5H2,1-2H3/b17-15-,20-19?,40-16-;8-6-;. The van der Waals surface area contributed by atoms with E-state index < -0.39 is 0 Å². The first kappa shape index (κ1) is 57.8. The SMILES string of the molecule is C#CC(C)C=CC(C)C(B(c1ccc(C2=CCC3CCC(c4nc(C)nc(C/C=C\C(=C/CC)CC)n4)(C2)C3)cc1)c1c(C)cc(C)cc1C)=C(C)C.CCC(C)/C=C\CC(C)C.CCCCC. The first-order chi connectivity index (χ1) is 32.4. The van der Waals surface area contributed by atoms with E-state index in [0.717, 1.165) is 74.3 Å². The molecule has 0 saturated heterocycles. The van der Waals surface area contributed by atoms with E-state index >= 15 is 0 Å². The van der Waals surface area contributed by atoms with E-state index in [1.54, 1.807) is 0 Å². The van der Waals surface area contributed by atoms with Crippen LogP contribution in [0.5, 0.6) is 0 Å². The minimum atomic E-state index is -0.0558. The smallest absolute Gasteiger partial charge is 0.218 e. The lowest BCUT2D eigenvalue weighted by Gasteiger charge is -2.29. The van der Waals surface area contributed by atoms with Gasteiger partial charge >= 0.3 is 0 Å². The minimum Gasteiger partial charge on any atom is -0.218 e. The van der Waals surface area contributed by atoms with Gasteiger partial charge in [0.25, 0.3) is 0 Å². The average molecular weight is 916 g/mol. The molecule has 5 atom stereocenters. The molecule has 1 aromatic heterocycles. The Morgan fingerprint density at radius 1 is 0.868 bits per heavy atom. The lowest BCUT2D eigenvalue weighted by atomic mass is 9.32. The van der Waals surface area contributed by atoms with Crippen molar-refractivity contribution in [2.45, 2.75) is 200 Å². The molecule has 0 aliphatic heterocycles. The molecule has 3 aromatic rings. The van der Waals surface area contributed by atoms with Crippen LogP contribution in [0.25, 0.3) is 5.57 Å². The van der Waals surface area contributed by atoms with Crippen LogP contribution < -0.4 is 10.9 Å². The lowest BCUT2D eigenvalue weighted by Crippen LogP contribution is -2.48. The molecule has 2 aliphatic rings. The van der Waals surface area contributed by atoms with E-state index in [9.17, 15) is 0 Å². The molecule has 2 aromatic carbocycles. The number of unbranched alkanes of at least 4 members (excludes halogenated alkanes) is 2. The van der Waals surface area contributed by atoms with Gasteiger partial charge in [-0.2, -0.15) is 0 Å². The van der Waals surface area contributed by atoms with Crippen molar-refractivity contribution < 1.29 is 0 Å². The third kappa shape index (κ3) is 17.8. The van der Waals surface area contributed by atoms with Gasteiger partial charge in [0.2, 0.25) is 6.71 Å². The molecule has 4 heteroatoms. The summed E-state index contributed by atoms with van der Waals surface area (Å²) in [6, 6.07) is 14.2. The van der Waals surface area contributed by atoms with E-state index in [2.05, 4.69) is 195 Å². The Morgan fingerprint density at radius 3 is 2.10 bits per heavy atom. The van der Waals surface area contributed by atoms with E-state index in [0.29, 0.717) is 5.92 Å². The molecule has 0 amide bonds. The van der Waals surface area contributed by atoms with E-state index in [1.165, 1.54) is 93.9 Å². The highest BCUT2D eigenvalue weighted by molar-refractivity contribution is 6.91. The summed E-state index contributed by atoms with van der Waals surface area (Å²) in [7, 11) is 0. The van der Waals surface area contributed by atoms with Gasteiger partial charge in [-0.3, -0.25) is 0 Å². The summed E-state index contributed by atoms with van der Waals surface area (Å²) in [6.07, 6.45) is 39.2. The largest absolute Gasteiger partial charge is 0.238 e. The fourth-order valence-corrected chi connectivity index (χ4v) is 10.2. The summed E-state index contributed by atoms with van der Waals surface area (Å²) in [5, 5.41) is 0. The van der Waals surface area contributed by atoms with Gasteiger partial charge in [0.15, 0.2) is 0 Å². The molecular formula is C64H94BN3. The van der Waals surface area contributed by atoms with Gasteiger partial charge in [-0.1, -0.05) is 223 Å². The average Bonchev–Trinajstić information content (AvgIpc) is 3.62. The number of benzene rings is 2. The molecule has 368 valence electrons. The highest BCUT2D eigenvalue weighted by Crippen LogP contribution is 2.52. The molecule has 3 nitrogen and oxygen atoms in total. The van der Waals surface area contributed by atoms with Crippen LogP contribution in [-0.2, 0) is 11.8 Å². The Bertz CT molecular complexity index is 2210. The van der Waals surface area contributed by atoms with Gasteiger partial charge in [0.1, 0.15) is 17.5 Å². The second-order valence-corrected chi connectivity index (χ2v) is 21.0. The van der Waals surface area contributed by atoms with Gasteiger partial charge < -0.3 is 0 Å². The molecule has 68 heavy (non-hydrogen) atoms. The topological polar surface area (TPSA) is 38.7 Å². The second kappa shape index (κ2) is 29.5. The maximum atomic E-state index is 5.76. The molecule has 0 spiro atoms. The zero-order valence-corrected chi connectivity index (χ0v) is 46.2. The fourth-order valence-electron chi connectivity index (χ4n) is 10.2. The summed E-state index contributed by atoms with van der Waals surface area (Å²) in [4.78, 5) is 15.0. The molecule has 0 radical (unpaired) electrons. The van der Waals surface area contributed by atoms with E-state index in [1.807, 2.05) is 6.92 Å². The van der Waals surface area contributed by atoms with Gasteiger partial charge in [-0.05, 0) is 135 Å². The van der Waals surface area contributed by atoms with Crippen LogP contribution in [-0.4, -0.2) is 21.7 Å². The molecule has 1 fully saturated rings. The van der Waals surface area contributed by atoms with Crippen LogP contribution in [0.4, 0.5) is 0 Å². The Balaban J connectivity index is 0.000000703. The lowest BCUT2D eigenvalue weighted by molar-refractivity contribution is 0.403. The van der Waals surface area contributed by atoms with Crippen molar-refractivity contribution in [3.8, 4) is 12.3 Å². The van der Waals surface area contributed by atoms with Crippen molar-refractivity contribution in [2.24, 2.45) is 29.6 Å². The third-order valence-electron chi connectivity index (χ3n) is 14.1. The Morgan fingerprint density at radius 2 is 1.54 bits per heavy atom. The van der Waals surface area contributed by atoms with Crippen LogP contribution in [0.2, 0.25) is 0 Å². The second-order valence-electron chi connectivity index (χ2n) is 21.0. The summed E-state index contributed by atoms with van der Waals surface area (Å²) in [5.74, 6) is 8.17. The van der Waals surface area contributed by atoms with Crippen molar-refractivity contribution in [2.75, 3.05) is 0 Å². The number of terminal acetylenes is 1. The van der Waals surface area contributed by atoms with Crippen LogP contribution in [0.15, 0.2) is 102 Å². The highest BCUT2D eigenvalue weighted by Gasteiger charge is 2.45. The Labute approximate surface area is 419 Å². The zero-order valence-electron chi connectivity index (χ0n) is 46.2. The molecule has 2 aliphatic carbocycles. The number of fused-ring (bicyclic) bond motifs is 2. The van der Waals surface area contributed by atoms with Gasteiger partial charge in [-0.15, -0.1) is 6.42 Å². The van der Waals surface area contributed by atoms with Crippen LogP contribution >= 0.6 is 0 Å². The van der Waals surface area contributed by atoms with Gasteiger partial charge in [0.05, 0.1) is 0 Å². The predicted octanol–water partition coefficient (Wildman–Crippen LogP) is 16.6. The molecule has 2 bridgehead atoms. The van der Waals surface area contributed by atoms with Crippen molar-refractivity contribution >= 4 is 23.2 Å². The molecule has 0 N–H and O–H groups in total. The summed E-state index contributed by atoms with van der Waals surface area (Å²) in [5.41, 5.74) is 13.6. The predicted molar refractivity (Wildman–Crippen MR) is 302 cm³/mol. The third-order valence-corrected chi connectivity index (χ3v) is 14.1. The zero-order chi connectivity index (χ0) is 50.4. The molecular weight excluding hydrogens is 822 g/mol. The number of aryl methyl sites for hydroxylation is 4. The first-order valence-corrected chi connectivity index (χ1v) is 26.9. The number of rotatable bonds is 19. The maximum absolute atomic E-state index is 5.76. The molecule has 5 rings (SSSR count). The summed E-state index contributed by atoms with van der Waals surface area (Å²) in [6.45, 7) is 35.7. The van der Waals surface area contributed by atoms with E-state index in [-0.39, 0.29) is 24.0 Å². The normalized spacial score (nSPS) is 18.3. The van der Waals surface area contributed by atoms with Crippen molar-refractivity contribution in [1.29, 1.82) is 0 Å². The molecule has 1 heterocycles. The van der Waals surface area contributed by atoms with Crippen molar-refractivity contribution in [3.63, 3.8) is 0 Å². The quantitative estimate of drug-likeness (QED) is 0.0520. The Hall–Kier alpha value is -4.49. The van der Waals surface area contributed by atoms with Crippen molar-refractivity contribution in [3.05, 3.63) is 141 Å². The molecule has 5 unspecified atom stereocenters. The first-order valence-electron chi connectivity index (χ1n) is 26.9. The number of allylic oxidation sites excluding steroid dienone is 12.